The summed E-state index contributed by atoms with van der Waals surface area (Å²) < 4.78 is 0. The highest BCUT2D eigenvalue weighted by molar-refractivity contribution is 8.13. The van der Waals surface area contributed by atoms with Crippen LogP contribution in [0.15, 0.2) is 58.3 Å². The monoisotopic (exact) mass is 339 g/mol. The quantitative estimate of drug-likeness (QED) is 0.388. The van der Waals surface area contributed by atoms with Gasteiger partial charge in [-0.3, -0.25) is 20.6 Å². The number of H-pyrrole nitrogens is 1. The van der Waals surface area contributed by atoms with Crippen molar-refractivity contribution in [2.45, 2.75) is 6.92 Å². The van der Waals surface area contributed by atoms with Crippen LogP contribution in [0.3, 0.4) is 0 Å². The summed E-state index contributed by atoms with van der Waals surface area (Å²) in [7, 11) is 0. The first kappa shape index (κ1) is 16.1. The van der Waals surface area contributed by atoms with Crippen LogP contribution in [0.1, 0.15) is 5.56 Å². The molecule has 3 aromatic rings. The summed E-state index contributed by atoms with van der Waals surface area (Å²) in [6, 6.07) is 15.1. The van der Waals surface area contributed by atoms with Crippen LogP contribution in [0.25, 0.3) is 10.9 Å². The Morgan fingerprint density at radius 1 is 1.17 bits per heavy atom. The third-order valence-corrected chi connectivity index (χ3v) is 3.94. The van der Waals surface area contributed by atoms with Gasteiger partial charge in [0.1, 0.15) is 0 Å². The van der Waals surface area contributed by atoms with Crippen LogP contribution < -0.4 is 16.4 Å². The topological polar surface area (TPSA) is 82.2 Å². The number of aryl methyl sites for hydroxylation is 1. The van der Waals surface area contributed by atoms with E-state index in [0.29, 0.717) is 22.0 Å². The number of hydrogen-bond donors (Lipinski definition) is 3. The Kier molecular flexibility index (Phi) is 4.81. The van der Waals surface area contributed by atoms with Crippen LogP contribution >= 0.6 is 11.8 Å². The van der Waals surface area contributed by atoms with Gasteiger partial charge < -0.3 is 0 Å². The number of nitrogens with zero attached hydrogens (tertiary/aromatic N) is 2. The normalized spacial score (nSPS) is 11.5. The zero-order valence-electron chi connectivity index (χ0n) is 13.3. The van der Waals surface area contributed by atoms with E-state index in [9.17, 15) is 4.79 Å². The third kappa shape index (κ3) is 3.75. The molecular formula is C17H17N5OS. The fraction of sp³-hybridized carbons (Fsp3) is 0.118. The van der Waals surface area contributed by atoms with E-state index < -0.39 is 0 Å². The Bertz CT molecular complexity index is 934. The third-order valence-electron chi connectivity index (χ3n) is 3.36. The van der Waals surface area contributed by atoms with Gasteiger partial charge in [0.2, 0.25) is 5.95 Å². The smallest absolute Gasteiger partial charge is 0.260 e. The molecule has 0 saturated carbocycles. The lowest BCUT2D eigenvalue weighted by atomic mass is 10.2. The molecule has 0 aliphatic carbocycles. The summed E-state index contributed by atoms with van der Waals surface area (Å²) in [5, 5.41) is 1.22. The zero-order chi connectivity index (χ0) is 16.9. The van der Waals surface area contributed by atoms with Gasteiger partial charge in [-0.2, -0.15) is 0 Å². The maximum absolute atomic E-state index is 12.0. The first-order valence-corrected chi connectivity index (χ1v) is 8.58. The van der Waals surface area contributed by atoms with E-state index in [0.717, 1.165) is 5.69 Å². The number of amidine groups is 1. The Morgan fingerprint density at radius 3 is 2.67 bits per heavy atom. The number of aliphatic imine (C=N–C) groups is 1. The molecule has 0 fully saturated rings. The number of thioether (sulfide) groups is 1. The highest BCUT2D eigenvalue weighted by Crippen LogP contribution is 2.14. The number of nitrogens with one attached hydrogen (secondary N) is 3. The molecule has 0 bridgehead atoms. The fourth-order valence-electron chi connectivity index (χ4n) is 2.12. The van der Waals surface area contributed by atoms with Gasteiger partial charge in [0.25, 0.3) is 5.56 Å². The van der Waals surface area contributed by atoms with E-state index in [1.165, 1.54) is 17.3 Å². The van der Waals surface area contributed by atoms with E-state index in [4.69, 9.17) is 0 Å². The molecule has 0 atom stereocenters. The van der Waals surface area contributed by atoms with Gasteiger partial charge in [0.05, 0.1) is 16.6 Å². The second-order valence-electron chi connectivity index (χ2n) is 5.14. The minimum atomic E-state index is -0.189. The first-order valence-electron chi connectivity index (χ1n) is 7.36. The molecule has 3 rings (SSSR count). The Morgan fingerprint density at radius 2 is 1.92 bits per heavy atom. The predicted molar refractivity (Wildman–Crippen MR) is 101 cm³/mol. The predicted octanol–water partition coefficient (Wildman–Crippen LogP) is 3.20. The molecule has 1 aromatic heterocycles. The van der Waals surface area contributed by atoms with Crippen LogP contribution in [0.5, 0.6) is 0 Å². The number of benzene rings is 2. The molecule has 24 heavy (non-hydrogen) atoms. The van der Waals surface area contributed by atoms with Crippen molar-refractivity contribution < 1.29 is 0 Å². The zero-order valence-corrected chi connectivity index (χ0v) is 14.1. The fourth-order valence-corrected chi connectivity index (χ4v) is 2.47. The molecule has 0 unspecified atom stereocenters. The number of anilines is 1. The van der Waals surface area contributed by atoms with E-state index in [1.807, 2.05) is 49.6 Å². The molecule has 0 amide bonds. The second-order valence-corrected chi connectivity index (χ2v) is 5.93. The van der Waals surface area contributed by atoms with Gasteiger partial charge in [-0.05, 0) is 37.4 Å². The maximum atomic E-state index is 12.0. The number of aromatic nitrogens is 2. The highest BCUT2D eigenvalue weighted by atomic mass is 32.2. The lowest BCUT2D eigenvalue weighted by Gasteiger charge is -2.10. The number of aromatic amines is 1. The molecule has 2 aromatic carbocycles. The number of fused-ring (bicyclic) bond motifs is 1. The Labute approximate surface area is 143 Å². The van der Waals surface area contributed by atoms with Gasteiger partial charge in [-0.1, -0.05) is 41.6 Å². The molecule has 1 heterocycles. The van der Waals surface area contributed by atoms with Crippen molar-refractivity contribution in [2.75, 3.05) is 11.7 Å². The summed E-state index contributed by atoms with van der Waals surface area (Å²) in [4.78, 5) is 23.6. The average Bonchev–Trinajstić information content (AvgIpc) is 2.60. The van der Waals surface area contributed by atoms with Crippen molar-refractivity contribution in [1.82, 2.24) is 15.4 Å². The summed E-state index contributed by atoms with van der Waals surface area (Å²) in [6.45, 7) is 2.03. The maximum Gasteiger partial charge on any atom is 0.260 e. The highest BCUT2D eigenvalue weighted by Gasteiger charge is 2.04. The van der Waals surface area contributed by atoms with Crippen LogP contribution in [-0.4, -0.2) is 21.4 Å². The summed E-state index contributed by atoms with van der Waals surface area (Å²) in [5.74, 6) is 0.337. The van der Waals surface area contributed by atoms with Crippen LogP contribution in [0, 0.1) is 6.92 Å². The minimum absolute atomic E-state index is 0.189. The van der Waals surface area contributed by atoms with Crippen molar-refractivity contribution in [3.63, 3.8) is 0 Å². The van der Waals surface area contributed by atoms with Crippen LogP contribution in [0.2, 0.25) is 0 Å². The molecule has 122 valence electrons. The SMILES string of the molecule is CSC(=Nc1ccc(C)cc1)NNc1nc2ccccc2c(=O)[nH]1. The molecule has 0 radical (unpaired) electrons. The van der Waals surface area contributed by atoms with E-state index >= 15 is 0 Å². The standard InChI is InChI=1S/C17H17N5OS/c1-11-7-9-12(10-8-11)18-17(24-2)22-21-16-19-14-6-4-3-5-13(14)15(23)20-16/h3-10H,1-2H3,(H,18,22)(H2,19,20,21,23). The van der Waals surface area contributed by atoms with E-state index in [2.05, 4.69) is 25.8 Å². The van der Waals surface area contributed by atoms with Crippen molar-refractivity contribution in [3.05, 3.63) is 64.4 Å². The minimum Gasteiger partial charge on any atom is -0.291 e. The van der Waals surface area contributed by atoms with Crippen molar-refractivity contribution in [3.8, 4) is 0 Å². The Balaban J connectivity index is 1.78. The van der Waals surface area contributed by atoms with Gasteiger partial charge in [-0.15, -0.1) is 0 Å². The molecule has 0 aliphatic rings. The molecule has 0 aliphatic heterocycles. The molecule has 0 saturated heterocycles. The van der Waals surface area contributed by atoms with Crippen molar-refractivity contribution in [2.24, 2.45) is 4.99 Å². The van der Waals surface area contributed by atoms with Gasteiger partial charge in [0.15, 0.2) is 5.17 Å². The molecule has 7 heteroatoms. The molecule has 6 nitrogen and oxygen atoms in total. The van der Waals surface area contributed by atoms with Crippen LogP contribution in [0.4, 0.5) is 11.6 Å². The summed E-state index contributed by atoms with van der Waals surface area (Å²) in [6.07, 6.45) is 1.91. The van der Waals surface area contributed by atoms with Crippen LogP contribution in [-0.2, 0) is 0 Å². The molecule has 3 N–H and O–H groups in total. The van der Waals surface area contributed by atoms with Crippen molar-refractivity contribution in [1.29, 1.82) is 0 Å². The number of hydrogen-bond acceptors (Lipinski definition) is 5. The lowest BCUT2D eigenvalue weighted by molar-refractivity contribution is 1.04. The Hall–Kier alpha value is -2.80. The van der Waals surface area contributed by atoms with E-state index in [1.54, 1.807) is 12.1 Å². The first-order chi connectivity index (χ1) is 11.7. The lowest BCUT2D eigenvalue weighted by Crippen LogP contribution is -2.29. The largest absolute Gasteiger partial charge is 0.291 e. The summed E-state index contributed by atoms with van der Waals surface area (Å²) >= 11 is 1.45. The second kappa shape index (κ2) is 7.18. The number of hydrazine groups is 1. The van der Waals surface area contributed by atoms with Gasteiger partial charge in [-0.25, -0.2) is 9.98 Å². The van der Waals surface area contributed by atoms with Crippen molar-refractivity contribution >= 4 is 39.5 Å². The number of rotatable bonds is 3. The average molecular weight is 339 g/mol. The van der Waals surface area contributed by atoms with E-state index in [-0.39, 0.29) is 5.56 Å². The molecular weight excluding hydrogens is 322 g/mol. The number of para-hydroxylation sites is 1. The van der Waals surface area contributed by atoms with Gasteiger partial charge in [0, 0.05) is 0 Å². The summed E-state index contributed by atoms with van der Waals surface area (Å²) in [5.41, 5.74) is 8.34. The molecule has 0 spiro atoms. The van der Waals surface area contributed by atoms with Gasteiger partial charge >= 0.3 is 0 Å².